The molecule has 5 nitrogen and oxygen atoms in total. The average Bonchev–Trinajstić information content (AvgIpc) is 2.34. The number of rotatable bonds is 4. The van der Waals surface area contributed by atoms with Gasteiger partial charge in [-0.05, 0) is 23.8 Å². The van der Waals surface area contributed by atoms with E-state index in [0.29, 0.717) is 11.8 Å². The summed E-state index contributed by atoms with van der Waals surface area (Å²) in [5, 5.41) is 17.4. The maximum atomic E-state index is 10.8. The number of nitriles is 1. The zero-order chi connectivity index (χ0) is 12.8. The van der Waals surface area contributed by atoms with E-state index in [4.69, 9.17) is 15.1 Å². The van der Waals surface area contributed by atoms with Crippen molar-refractivity contribution in [1.82, 2.24) is 0 Å². The molecule has 1 N–H and O–H groups in total. The Bertz CT molecular complexity index is 526. The van der Waals surface area contributed by atoms with Gasteiger partial charge in [-0.1, -0.05) is 0 Å². The lowest BCUT2D eigenvalue weighted by Crippen LogP contribution is -1.95. The molecule has 0 bridgehead atoms. The number of nitrogens with zero attached hydrogens (tertiary/aromatic N) is 1. The number of carbonyl (C=O) groups excluding carboxylic acids is 1. The lowest BCUT2D eigenvalue weighted by atomic mass is 10.0. The van der Waals surface area contributed by atoms with Gasteiger partial charge in [0, 0.05) is 11.6 Å². The van der Waals surface area contributed by atoms with E-state index in [-0.39, 0.29) is 16.9 Å². The molecule has 0 aliphatic heterocycles. The van der Waals surface area contributed by atoms with Crippen LogP contribution in [0.25, 0.3) is 6.08 Å². The number of aliphatic carboxylic acids is 1. The maximum absolute atomic E-state index is 10.8. The molecule has 1 aromatic carbocycles. The molecule has 17 heavy (non-hydrogen) atoms. The van der Waals surface area contributed by atoms with E-state index in [0.717, 1.165) is 6.08 Å². The fraction of sp³-hybridized carbons (Fsp3) is 0.0833. The van der Waals surface area contributed by atoms with Gasteiger partial charge in [0.1, 0.15) is 17.4 Å². The third-order valence-electron chi connectivity index (χ3n) is 2.03. The van der Waals surface area contributed by atoms with Crippen LogP contribution in [0.4, 0.5) is 0 Å². The van der Waals surface area contributed by atoms with Crippen molar-refractivity contribution in [2.75, 3.05) is 7.11 Å². The molecule has 0 unspecified atom stereocenters. The van der Waals surface area contributed by atoms with Gasteiger partial charge in [-0.2, -0.15) is 5.26 Å². The Hall–Kier alpha value is -2.61. The monoisotopic (exact) mass is 231 g/mol. The zero-order valence-electron chi connectivity index (χ0n) is 9.01. The predicted octanol–water partition coefficient (Wildman–Crippen LogP) is 1.48. The van der Waals surface area contributed by atoms with Crippen LogP contribution >= 0.6 is 0 Å². The molecule has 0 radical (unpaired) electrons. The molecule has 0 aliphatic carbocycles. The average molecular weight is 231 g/mol. The predicted molar refractivity (Wildman–Crippen MR) is 59.8 cm³/mol. The van der Waals surface area contributed by atoms with Gasteiger partial charge in [-0.25, -0.2) is 4.79 Å². The molecular formula is C12H9NO4. The van der Waals surface area contributed by atoms with E-state index in [1.54, 1.807) is 0 Å². The molecular weight excluding hydrogens is 222 g/mol. The van der Waals surface area contributed by atoms with E-state index >= 15 is 0 Å². The summed E-state index contributed by atoms with van der Waals surface area (Å²) in [5.74, 6) is -0.858. The minimum atomic E-state index is -1.10. The van der Waals surface area contributed by atoms with Crippen LogP contribution < -0.4 is 4.74 Å². The third kappa shape index (κ3) is 2.92. The Kier molecular flexibility index (Phi) is 4.01. The molecule has 5 heteroatoms. The van der Waals surface area contributed by atoms with E-state index in [9.17, 15) is 9.59 Å². The summed E-state index contributed by atoms with van der Waals surface area (Å²) in [7, 11) is 1.37. The Morgan fingerprint density at radius 3 is 2.71 bits per heavy atom. The number of benzene rings is 1. The van der Waals surface area contributed by atoms with Crippen LogP contribution in [0.15, 0.2) is 18.2 Å². The van der Waals surface area contributed by atoms with Crippen molar-refractivity contribution in [1.29, 1.82) is 5.26 Å². The van der Waals surface area contributed by atoms with Crippen LogP contribution in [-0.4, -0.2) is 24.5 Å². The largest absolute Gasteiger partial charge is 0.495 e. The van der Waals surface area contributed by atoms with Gasteiger partial charge in [0.2, 0.25) is 0 Å². The smallest absolute Gasteiger partial charge is 0.328 e. The van der Waals surface area contributed by atoms with E-state index < -0.39 is 5.97 Å². The second kappa shape index (κ2) is 5.47. The molecule has 86 valence electrons. The molecule has 0 aliphatic rings. The molecule has 1 rings (SSSR count). The molecule has 0 saturated carbocycles. The van der Waals surface area contributed by atoms with Crippen molar-refractivity contribution in [3.8, 4) is 11.8 Å². The molecule has 0 amide bonds. The summed E-state index contributed by atoms with van der Waals surface area (Å²) in [5.41, 5.74) is 0.775. The summed E-state index contributed by atoms with van der Waals surface area (Å²) in [6, 6.07) is 4.78. The van der Waals surface area contributed by atoms with E-state index in [2.05, 4.69) is 0 Å². The van der Waals surface area contributed by atoms with Crippen LogP contribution in [0.5, 0.6) is 5.75 Å². The van der Waals surface area contributed by atoms with Crippen molar-refractivity contribution < 1.29 is 19.4 Å². The highest BCUT2D eigenvalue weighted by Gasteiger charge is 2.09. The van der Waals surface area contributed by atoms with Crippen molar-refractivity contribution in [3.05, 3.63) is 34.9 Å². The van der Waals surface area contributed by atoms with Crippen molar-refractivity contribution in [3.63, 3.8) is 0 Å². The van der Waals surface area contributed by atoms with Gasteiger partial charge in [0.15, 0.2) is 6.29 Å². The summed E-state index contributed by atoms with van der Waals surface area (Å²) in [4.78, 5) is 21.2. The summed E-state index contributed by atoms with van der Waals surface area (Å²) in [6.07, 6.45) is 2.79. The fourth-order valence-corrected chi connectivity index (χ4v) is 1.30. The second-order valence-electron chi connectivity index (χ2n) is 3.09. The van der Waals surface area contributed by atoms with E-state index in [1.165, 1.54) is 25.3 Å². The van der Waals surface area contributed by atoms with Gasteiger partial charge < -0.3 is 9.84 Å². The Morgan fingerprint density at radius 2 is 2.24 bits per heavy atom. The molecule has 0 atom stereocenters. The Morgan fingerprint density at radius 1 is 1.53 bits per heavy atom. The lowest BCUT2D eigenvalue weighted by Gasteiger charge is -2.06. The molecule has 0 fully saturated rings. The number of carbonyl (C=O) groups is 2. The zero-order valence-corrected chi connectivity index (χ0v) is 9.01. The van der Waals surface area contributed by atoms with Crippen LogP contribution in [0, 0.1) is 11.3 Å². The lowest BCUT2D eigenvalue weighted by molar-refractivity contribution is -0.131. The second-order valence-corrected chi connectivity index (χ2v) is 3.09. The van der Waals surface area contributed by atoms with Crippen molar-refractivity contribution >= 4 is 18.3 Å². The SMILES string of the molecule is COc1cc(/C=C/C(=O)O)cc(C=O)c1C#N. The normalized spacial score (nSPS) is 9.88. The van der Waals surface area contributed by atoms with Gasteiger partial charge in [0.05, 0.1) is 7.11 Å². The Balaban J connectivity index is 3.33. The van der Waals surface area contributed by atoms with Gasteiger partial charge in [0.25, 0.3) is 0 Å². The van der Waals surface area contributed by atoms with Crippen LogP contribution in [0.2, 0.25) is 0 Å². The quantitative estimate of drug-likeness (QED) is 0.626. The molecule has 0 heterocycles. The first-order valence-electron chi connectivity index (χ1n) is 4.60. The molecule has 0 spiro atoms. The maximum Gasteiger partial charge on any atom is 0.328 e. The van der Waals surface area contributed by atoms with Gasteiger partial charge in [-0.15, -0.1) is 0 Å². The minimum Gasteiger partial charge on any atom is -0.495 e. The highest BCUT2D eigenvalue weighted by Crippen LogP contribution is 2.23. The Labute approximate surface area is 97.6 Å². The third-order valence-corrected chi connectivity index (χ3v) is 2.03. The van der Waals surface area contributed by atoms with Crippen LogP contribution in [0.1, 0.15) is 21.5 Å². The van der Waals surface area contributed by atoms with Crippen LogP contribution in [0.3, 0.4) is 0 Å². The first-order valence-corrected chi connectivity index (χ1v) is 4.60. The summed E-state index contributed by atoms with van der Waals surface area (Å²) in [6.45, 7) is 0. The van der Waals surface area contributed by atoms with Crippen molar-refractivity contribution in [2.45, 2.75) is 0 Å². The minimum absolute atomic E-state index is 0.134. The summed E-state index contributed by atoms with van der Waals surface area (Å²) < 4.78 is 4.96. The number of aldehydes is 1. The molecule has 0 saturated heterocycles. The van der Waals surface area contributed by atoms with Gasteiger partial charge >= 0.3 is 5.97 Å². The first kappa shape index (κ1) is 12.5. The number of carboxylic acids is 1. The number of methoxy groups -OCH3 is 1. The number of carboxylic acid groups (broad SMARTS) is 1. The highest BCUT2D eigenvalue weighted by molar-refractivity contribution is 5.87. The number of hydrogen-bond donors (Lipinski definition) is 1. The molecule has 0 aromatic heterocycles. The molecule has 1 aromatic rings. The van der Waals surface area contributed by atoms with Gasteiger partial charge in [-0.3, -0.25) is 4.79 Å². The van der Waals surface area contributed by atoms with Crippen molar-refractivity contribution in [2.24, 2.45) is 0 Å². The van der Waals surface area contributed by atoms with E-state index in [1.807, 2.05) is 6.07 Å². The number of ether oxygens (including phenoxy) is 1. The topological polar surface area (TPSA) is 87.4 Å². The fourth-order valence-electron chi connectivity index (χ4n) is 1.30. The number of hydrogen-bond acceptors (Lipinski definition) is 4. The summed E-state index contributed by atoms with van der Waals surface area (Å²) >= 11 is 0. The first-order chi connectivity index (χ1) is 8.12. The highest BCUT2D eigenvalue weighted by atomic mass is 16.5. The standard InChI is InChI=1S/C12H9NO4/c1-17-11-5-8(2-3-12(15)16)4-9(7-14)10(11)6-13/h2-5,7H,1H3,(H,15,16)/b3-2+. The van der Waals surface area contributed by atoms with Crippen LogP contribution in [-0.2, 0) is 4.79 Å².